The molecule has 2 amide bonds. The van der Waals surface area contributed by atoms with Gasteiger partial charge in [0.25, 0.3) is 0 Å². The fourth-order valence-corrected chi connectivity index (χ4v) is 6.68. The fraction of sp³-hybridized carbons (Fsp3) is 0.310. The van der Waals surface area contributed by atoms with Crippen molar-refractivity contribution < 1.29 is 9.59 Å². The maximum Gasteiger partial charge on any atom is 0.240 e. The first-order valence-electron chi connectivity index (χ1n) is 12.5. The number of rotatable bonds is 6. The zero-order valence-corrected chi connectivity index (χ0v) is 23.6. The minimum Gasteiger partial charge on any atom is -0.350 e. The largest absolute Gasteiger partial charge is 0.350 e. The van der Waals surface area contributed by atoms with E-state index in [0.29, 0.717) is 12.4 Å². The van der Waals surface area contributed by atoms with Gasteiger partial charge in [-0.2, -0.15) is 5.10 Å². The lowest BCUT2D eigenvalue weighted by Crippen LogP contribution is -2.42. The Balaban J connectivity index is 1.62. The average molecular weight is 546 g/mol. The van der Waals surface area contributed by atoms with Crippen molar-refractivity contribution in [3.63, 3.8) is 0 Å². The van der Waals surface area contributed by atoms with Crippen molar-refractivity contribution in [3.8, 4) is 5.69 Å². The highest BCUT2D eigenvalue weighted by molar-refractivity contribution is 8.00. The maximum atomic E-state index is 13.7. The molecule has 0 saturated heterocycles. The van der Waals surface area contributed by atoms with Crippen LogP contribution in [0.5, 0.6) is 0 Å². The fourth-order valence-electron chi connectivity index (χ4n) is 4.51. The SMILES string of the molecule is Cc1ccc(-n2nc(C(C)(C)C)c3c2N(CC(=O)NCc2ccncc2)C(=O)CSC3c2cccs2)cc1. The Labute approximate surface area is 231 Å². The number of carbonyl (C=O) groups excluding carboxylic acids is 2. The van der Waals surface area contributed by atoms with Crippen LogP contribution in [0.4, 0.5) is 5.82 Å². The summed E-state index contributed by atoms with van der Waals surface area (Å²) >= 11 is 3.28. The Bertz CT molecular complexity index is 1420. The average Bonchev–Trinajstić information content (AvgIpc) is 3.54. The van der Waals surface area contributed by atoms with Crippen LogP contribution in [0.25, 0.3) is 5.69 Å². The molecule has 196 valence electrons. The van der Waals surface area contributed by atoms with Gasteiger partial charge in [0.2, 0.25) is 11.8 Å². The zero-order chi connectivity index (χ0) is 26.9. The third kappa shape index (κ3) is 5.39. The van der Waals surface area contributed by atoms with E-state index < -0.39 is 0 Å². The van der Waals surface area contributed by atoms with Gasteiger partial charge in [-0.25, -0.2) is 4.68 Å². The van der Waals surface area contributed by atoms with Crippen molar-refractivity contribution in [1.82, 2.24) is 20.1 Å². The summed E-state index contributed by atoms with van der Waals surface area (Å²) in [5.74, 6) is 0.607. The Morgan fingerprint density at radius 2 is 1.84 bits per heavy atom. The van der Waals surface area contributed by atoms with Crippen LogP contribution in [0.1, 0.15) is 53.3 Å². The first kappa shape index (κ1) is 26.2. The van der Waals surface area contributed by atoms with Gasteiger partial charge in [0, 0.05) is 34.8 Å². The van der Waals surface area contributed by atoms with Crippen molar-refractivity contribution in [1.29, 1.82) is 0 Å². The van der Waals surface area contributed by atoms with E-state index in [-0.39, 0.29) is 34.8 Å². The summed E-state index contributed by atoms with van der Waals surface area (Å²) in [5, 5.41) is 10.1. The van der Waals surface area contributed by atoms with Gasteiger partial charge >= 0.3 is 0 Å². The summed E-state index contributed by atoms with van der Waals surface area (Å²) in [7, 11) is 0. The molecule has 1 aromatic carbocycles. The Morgan fingerprint density at radius 1 is 1.11 bits per heavy atom. The lowest BCUT2D eigenvalue weighted by atomic mass is 9.88. The second kappa shape index (κ2) is 10.7. The first-order chi connectivity index (χ1) is 18.2. The molecule has 0 fully saturated rings. The Kier molecular flexibility index (Phi) is 7.40. The maximum absolute atomic E-state index is 13.7. The molecule has 0 aliphatic carbocycles. The van der Waals surface area contributed by atoms with Crippen LogP contribution in [0.15, 0.2) is 66.3 Å². The van der Waals surface area contributed by atoms with Crippen molar-refractivity contribution in [2.45, 2.75) is 44.9 Å². The van der Waals surface area contributed by atoms with Crippen LogP contribution in [-0.2, 0) is 21.5 Å². The van der Waals surface area contributed by atoms with E-state index in [1.165, 1.54) is 4.88 Å². The number of aryl methyl sites for hydroxylation is 1. The van der Waals surface area contributed by atoms with Crippen LogP contribution in [-0.4, -0.2) is 38.9 Å². The van der Waals surface area contributed by atoms with Crippen LogP contribution < -0.4 is 10.2 Å². The summed E-state index contributed by atoms with van der Waals surface area (Å²) in [6.07, 6.45) is 3.39. The summed E-state index contributed by atoms with van der Waals surface area (Å²) in [5.41, 5.74) is 4.59. The molecular formula is C29H31N5O2S2. The number of anilines is 1. The number of thioether (sulfide) groups is 1. The molecule has 1 aliphatic rings. The monoisotopic (exact) mass is 545 g/mol. The van der Waals surface area contributed by atoms with E-state index in [1.54, 1.807) is 40.4 Å². The highest BCUT2D eigenvalue weighted by Crippen LogP contribution is 2.49. The molecule has 4 aromatic rings. The van der Waals surface area contributed by atoms with Gasteiger partial charge in [-0.1, -0.05) is 44.5 Å². The first-order valence-corrected chi connectivity index (χ1v) is 14.5. The quantitative estimate of drug-likeness (QED) is 0.350. The number of fused-ring (bicyclic) bond motifs is 1. The third-order valence-electron chi connectivity index (χ3n) is 6.42. The van der Waals surface area contributed by atoms with Crippen LogP contribution in [0, 0.1) is 6.92 Å². The van der Waals surface area contributed by atoms with E-state index in [0.717, 1.165) is 28.1 Å². The van der Waals surface area contributed by atoms with Gasteiger partial charge in [0.15, 0.2) is 0 Å². The van der Waals surface area contributed by atoms with Gasteiger partial charge in [0.05, 0.1) is 22.4 Å². The highest BCUT2D eigenvalue weighted by Gasteiger charge is 2.40. The zero-order valence-electron chi connectivity index (χ0n) is 22.0. The standard InChI is InChI=1S/C29H31N5O2S2/c1-19-7-9-21(10-8-19)34-28-25(27(32-34)29(2,3)4)26(22-6-5-15-37-22)38-18-24(36)33(28)17-23(35)31-16-20-11-13-30-14-12-20/h5-15,26H,16-18H2,1-4H3,(H,31,35). The predicted octanol–water partition coefficient (Wildman–Crippen LogP) is 5.42. The molecule has 9 heteroatoms. The van der Waals surface area contributed by atoms with Gasteiger partial charge in [-0.15, -0.1) is 23.1 Å². The van der Waals surface area contributed by atoms with E-state index in [1.807, 2.05) is 54.1 Å². The summed E-state index contributed by atoms with van der Waals surface area (Å²) in [6, 6.07) is 16.0. The minimum absolute atomic E-state index is 0.0627. The lowest BCUT2D eigenvalue weighted by molar-refractivity contribution is -0.123. The van der Waals surface area contributed by atoms with Gasteiger partial charge in [-0.3, -0.25) is 19.5 Å². The predicted molar refractivity (Wildman–Crippen MR) is 154 cm³/mol. The molecule has 0 spiro atoms. The summed E-state index contributed by atoms with van der Waals surface area (Å²) < 4.78 is 1.86. The number of aromatic nitrogens is 3. The lowest BCUT2D eigenvalue weighted by Gasteiger charge is -2.24. The molecule has 3 aromatic heterocycles. The molecule has 1 aliphatic heterocycles. The summed E-state index contributed by atoms with van der Waals surface area (Å²) in [6.45, 7) is 8.75. The molecule has 7 nitrogen and oxygen atoms in total. The smallest absolute Gasteiger partial charge is 0.240 e. The molecule has 0 radical (unpaired) electrons. The van der Waals surface area contributed by atoms with Crippen molar-refractivity contribution >= 4 is 40.7 Å². The molecule has 1 atom stereocenters. The summed E-state index contributed by atoms with van der Waals surface area (Å²) in [4.78, 5) is 33.7. The second-order valence-electron chi connectivity index (χ2n) is 10.4. The highest BCUT2D eigenvalue weighted by atomic mass is 32.2. The number of pyridine rings is 1. The molecule has 1 unspecified atom stereocenters. The number of hydrogen-bond donors (Lipinski definition) is 1. The van der Waals surface area contributed by atoms with E-state index >= 15 is 0 Å². The van der Waals surface area contributed by atoms with Crippen LogP contribution in [0.3, 0.4) is 0 Å². The molecule has 0 bridgehead atoms. The van der Waals surface area contributed by atoms with Crippen LogP contribution in [0.2, 0.25) is 0 Å². The van der Waals surface area contributed by atoms with Crippen molar-refractivity contribution in [3.05, 3.63) is 93.6 Å². The molecule has 38 heavy (non-hydrogen) atoms. The number of nitrogens with one attached hydrogen (secondary N) is 1. The normalized spacial score (nSPS) is 15.7. The van der Waals surface area contributed by atoms with Crippen molar-refractivity contribution in [2.24, 2.45) is 0 Å². The van der Waals surface area contributed by atoms with Gasteiger partial charge in [-0.05, 0) is 48.2 Å². The molecular weight excluding hydrogens is 514 g/mol. The third-order valence-corrected chi connectivity index (χ3v) is 8.74. The molecule has 5 rings (SSSR count). The van der Waals surface area contributed by atoms with E-state index in [4.69, 9.17) is 5.10 Å². The van der Waals surface area contributed by atoms with Crippen LogP contribution >= 0.6 is 23.1 Å². The van der Waals surface area contributed by atoms with Gasteiger partial charge < -0.3 is 5.32 Å². The number of hydrogen-bond acceptors (Lipinski definition) is 6. The van der Waals surface area contributed by atoms with Crippen molar-refractivity contribution in [2.75, 3.05) is 17.2 Å². The minimum atomic E-state index is -0.279. The number of nitrogens with zero attached hydrogens (tertiary/aromatic N) is 4. The van der Waals surface area contributed by atoms with Gasteiger partial charge in [0.1, 0.15) is 12.4 Å². The number of carbonyl (C=O) groups is 2. The second-order valence-corrected chi connectivity index (χ2v) is 12.5. The van der Waals surface area contributed by atoms with E-state index in [2.05, 4.69) is 42.5 Å². The number of thiophene rings is 1. The molecule has 0 saturated carbocycles. The van der Waals surface area contributed by atoms with E-state index in [9.17, 15) is 9.59 Å². The topological polar surface area (TPSA) is 80.1 Å². The molecule has 1 N–H and O–H groups in total. The molecule has 4 heterocycles. The Morgan fingerprint density at radius 3 is 2.50 bits per heavy atom. The Hall–Kier alpha value is -3.43. The number of amides is 2. The number of benzene rings is 1.